The molecule has 1 aromatic rings. The van der Waals surface area contributed by atoms with Crippen LogP contribution in [0, 0.1) is 5.82 Å². The van der Waals surface area contributed by atoms with E-state index in [4.69, 9.17) is 0 Å². The molecule has 0 atom stereocenters. The van der Waals surface area contributed by atoms with Crippen molar-refractivity contribution >= 4 is 10.0 Å². The molecule has 0 aliphatic rings. The SMILES string of the molecule is CCCC(C)(C)NS(=O)(=O)c1ccc(CNCC)cc1F. The minimum absolute atomic E-state index is 0.299. The highest BCUT2D eigenvalue weighted by atomic mass is 32.2. The second kappa shape index (κ2) is 7.33. The van der Waals surface area contributed by atoms with E-state index in [1.165, 1.54) is 12.1 Å². The second-order valence-electron chi connectivity index (χ2n) is 5.78. The lowest BCUT2D eigenvalue weighted by Gasteiger charge is -2.25. The van der Waals surface area contributed by atoms with Crippen molar-refractivity contribution in [3.8, 4) is 0 Å². The van der Waals surface area contributed by atoms with Gasteiger partial charge in [0.2, 0.25) is 10.0 Å². The van der Waals surface area contributed by atoms with Crippen LogP contribution in [0.4, 0.5) is 4.39 Å². The van der Waals surface area contributed by atoms with Gasteiger partial charge in [-0.25, -0.2) is 17.5 Å². The van der Waals surface area contributed by atoms with E-state index in [-0.39, 0.29) is 4.90 Å². The predicted octanol–water partition coefficient (Wildman–Crippen LogP) is 2.79. The molecular weight excluding hydrogens is 291 g/mol. The fourth-order valence-electron chi connectivity index (χ4n) is 2.24. The first-order chi connectivity index (χ1) is 9.72. The Morgan fingerprint density at radius 2 is 1.90 bits per heavy atom. The van der Waals surface area contributed by atoms with Crippen LogP contribution < -0.4 is 10.0 Å². The van der Waals surface area contributed by atoms with Crippen molar-refractivity contribution in [3.63, 3.8) is 0 Å². The summed E-state index contributed by atoms with van der Waals surface area (Å²) in [5.41, 5.74) is 0.128. The zero-order valence-corrected chi connectivity index (χ0v) is 14.0. The quantitative estimate of drug-likeness (QED) is 0.775. The smallest absolute Gasteiger partial charge is 0.243 e. The van der Waals surface area contributed by atoms with Gasteiger partial charge in [0.25, 0.3) is 0 Å². The molecule has 0 radical (unpaired) electrons. The lowest BCUT2D eigenvalue weighted by molar-refractivity contribution is 0.416. The third kappa shape index (κ3) is 5.37. The number of benzene rings is 1. The first-order valence-electron chi connectivity index (χ1n) is 7.25. The molecule has 0 aliphatic carbocycles. The van der Waals surface area contributed by atoms with Gasteiger partial charge in [-0.3, -0.25) is 0 Å². The average molecular weight is 316 g/mol. The zero-order chi connectivity index (χ0) is 16.1. The summed E-state index contributed by atoms with van der Waals surface area (Å²) in [6, 6.07) is 4.23. The molecule has 1 rings (SSSR count). The molecule has 1 aromatic carbocycles. The number of hydrogen-bond donors (Lipinski definition) is 2. The van der Waals surface area contributed by atoms with Crippen LogP contribution in [0.2, 0.25) is 0 Å². The fourth-order valence-corrected chi connectivity index (χ4v) is 3.74. The summed E-state index contributed by atoms with van der Waals surface area (Å²) in [5.74, 6) is -0.717. The second-order valence-corrected chi connectivity index (χ2v) is 7.44. The van der Waals surface area contributed by atoms with Gasteiger partial charge in [-0.05, 0) is 44.5 Å². The van der Waals surface area contributed by atoms with Crippen LogP contribution in [-0.2, 0) is 16.6 Å². The van der Waals surface area contributed by atoms with Gasteiger partial charge in [0, 0.05) is 12.1 Å². The summed E-state index contributed by atoms with van der Waals surface area (Å²) in [5, 5.41) is 3.07. The van der Waals surface area contributed by atoms with Crippen LogP contribution in [0.15, 0.2) is 23.1 Å². The third-order valence-electron chi connectivity index (χ3n) is 3.15. The number of halogens is 1. The maximum absolute atomic E-state index is 14.1. The van der Waals surface area contributed by atoms with Crippen molar-refractivity contribution < 1.29 is 12.8 Å². The molecule has 0 unspecified atom stereocenters. The van der Waals surface area contributed by atoms with Gasteiger partial charge in [-0.15, -0.1) is 0 Å². The highest BCUT2D eigenvalue weighted by Gasteiger charge is 2.27. The molecule has 0 aromatic heterocycles. The van der Waals surface area contributed by atoms with Gasteiger partial charge >= 0.3 is 0 Å². The number of rotatable bonds is 8. The van der Waals surface area contributed by atoms with Crippen molar-refractivity contribution in [2.24, 2.45) is 0 Å². The molecule has 0 aliphatic heterocycles. The monoisotopic (exact) mass is 316 g/mol. The van der Waals surface area contributed by atoms with Crippen LogP contribution >= 0.6 is 0 Å². The van der Waals surface area contributed by atoms with Crippen molar-refractivity contribution in [2.45, 2.75) is 57.5 Å². The summed E-state index contributed by atoms with van der Waals surface area (Å²) in [6.07, 6.45) is 1.53. The molecule has 0 saturated carbocycles. The predicted molar refractivity (Wildman–Crippen MR) is 83.1 cm³/mol. The van der Waals surface area contributed by atoms with Crippen molar-refractivity contribution in [1.29, 1.82) is 0 Å². The topological polar surface area (TPSA) is 58.2 Å². The normalized spacial score (nSPS) is 12.6. The number of nitrogens with one attached hydrogen (secondary N) is 2. The molecule has 0 saturated heterocycles. The summed E-state index contributed by atoms with van der Waals surface area (Å²) < 4.78 is 41.3. The van der Waals surface area contributed by atoms with E-state index in [9.17, 15) is 12.8 Å². The van der Waals surface area contributed by atoms with Gasteiger partial charge in [-0.2, -0.15) is 0 Å². The van der Waals surface area contributed by atoms with E-state index >= 15 is 0 Å². The maximum Gasteiger partial charge on any atom is 0.243 e. The Kier molecular flexibility index (Phi) is 6.31. The highest BCUT2D eigenvalue weighted by Crippen LogP contribution is 2.20. The lowest BCUT2D eigenvalue weighted by atomic mass is 10.0. The van der Waals surface area contributed by atoms with E-state index in [1.54, 1.807) is 19.9 Å². The van der Waals surface area contributed by atoms with Crippen LogP contribution in [0.5, 0.6) is 0 Å². The van der Waals surface area contributed by atoms with Crippen molar-refractivity contribution in [3.05, 3.63) is 29.6 Å². The summed E-state index contributed by atoms with van der Waals surface area (Å²) in [6.45, 7) is 8.81. The van der Waals surface area contributed by atoms with Crippen LogP contribution in [-0.4, -0.2) is 20.5 Å². The summed E-state index contributed by atoms with van der Waals surface area (Å²) in [4.78, 5) is -0.299. The van der Waals surface area contributed by atoms with E-state index in [2.05, 4.69) is 10.0 Å². The highest BCUT2D eigenvalue weighted by molar-refractivity contribution is 7.89. The number of hydrogen-bond acceptors (Lipinski definition) is 3. The molecule has 0 spiro atoms. The Labute approximate surface area is 127 Å². The molecular formula is C15H25FN2O2S. The van der Waals surface area contributed by atoms with Gasteiger partial charge in [0.05, 0.1) is 0 Å². The molecule has 21 heavy (non-hydrogen) atoms. The molecule has 6 heteroatoms. The van der Waals surface area contributed by atoms with Crippen molar-refractivity contribution in [2.75, 3.05) is 6.54 Å². The average Bonchev–Trinajstić information content (AvgIpc) is 2.34. The van der Waals surface area contributed by atoms with Crippen LogP contribution in [0.25, 0.3) is 0 Å². The van der Waals surface area contributed by atoms with Gasteiger partial charge in [-0.1, -0.05) is 26.3 Å². The molecule has 0 fully saturated rings. The van der Waals surface area contributed by atoms with Gasteiger partial charge in [0.1, 0.15) is 10.7 Å². The summed E-state index contributed by atoms with van der Waals surface area (Å²) >= 11 is 0. The van der Waals surface area contributed by atoms with Gasteiger partial charge in [0.15, 0.2) is 0 Å². The first kappa shape index (κ1) is 18.1. The number of sulfonamides is 1. The minimum atomic E-state index is -3.85. The molecule has 2 N–H and O–H groups in total. The van der Waals surface area contributed by atoms with E-state index in [0.29, 0.717) is 13.0 Å². The molecule has 0 amide bonds. The Bertz CT molecular complexity index is 571. The Hall–Kier alpha value is -0.980. The molecule has 120 valence electrons. The van der Waals surface area contributed by atoms with Gasteiger partial charge < -0.3 is 5.32 Å². The Morgan fingerprint density at radius 3 is 2.43 bits per heavy atom. The van der Waals surface area contributed by atoms with E-state index < -0.39 is 21.4 Å². The molecule has 0 heterocycles. The Morgan fingerprint density at radius 1 is 1.24 bits per heavy atom. The van der Waals surface area contributed by atoms with E-state index in [0.717, 1.165) is 18.5 Å². The fraction of sp³-hybridized carbons (Fsp3) is 0.600. The Balaban J connectivity index is 2.98. The standard InChI is InChI=1S/C15H25FN2O2S/c1-5-9-15(3,4)18-21(19,20)14-8-7-12(10-13(14)16)11-17-6-2/h7-8,10,17-18H,5-6,9,11H2,1-4H3. The third-order valence-corrected chi connectivity index (χ3v) is 4.88. The van der Waals surface area contributed by atoms with Crippen LogP contribution in [0.3, 0.4) is 0 Å². The lowest BCUT2D eigenvalue weighted by Crippen LogP contribution is -2.43. The van der Waals surface area contributed by atoms with Crippen molar-refractivity contribution in [1.82, 2.24) is 10.0 Å². The van der Waals surface area contributed by atoms with Crippen LogP contribution in [0.1, 0.15) is 46.1 Å². The largest absolute Gasteiger partial charge is 0.313 e. The maximum atomic E-state index is 14.1. The molecule has 0 bridgehead atoms. The zero-order valence-electron chi connectivity index (χ0n) is 13.2. The minimum Gasteiger partial charge on any atom is -0.313 e. The first-order valence-corrected chi connectivity index (χ1v) is 8.73. The molecule has 4 nitrogen and oxygen atoms in total. The van der Waals surface area contributed by atoms with E-state index in [1.807, 2.05) is 13.8 Å². The summed E-state index contributed by atoms with van der Waals surface area (Å²) in [7, 11) is -3.85.